The van der Waals surface area contributed by atoms with Crippen molar-refractivity contribution in [1.29, 1.82) is 0 Å². The molecular formula is C15H24O3. The van der Waals surface area contributed by atoms with Crippen molar-refractivity contribution in [3.8, 4) is 5.75 Å². The highest BCUT2D eigenvalue weighted by atomic mass is 16.3. The first kappa shape index (κ1) is 15.0. The number of phenols is 1. The molecule has 0 bridgehead atoms. The summed E-state index contributed by atoms with van der Waals surface area (Å²) in [6, 6.07) is 5.67. The summed E-state index contributed by atoms with van der Waals surface area (Å²) in [6.45, 7) is 7.14. The zero-order valence-electron chi connectivity index (χ0n) is 11.6. The van der Waals surface area contributed by atoms with Gasteiger partial charge in [0.15, 0.2) is 0 Å². The molecule has 0 heterocycles. The summed E-state index contributed by atoms with van der Waals surface area (Å²) in [7, 11) is 0. The average Bonchev–Trinajstić information content (AvgIpc) is 2.27. The first-order chi connectivity index (χ1) is 8.21. The molecular weight excluding hydrogens is 228 g/mol. The summed E-state index contributed by atoms with van der Waals surface area (Å²) >= 11 is 0. The molecule has 1 unspecified atom stereocenters. The highest BCUT2D eigenvalue weighted by Gasteiger charge is 2.24. The molecule has 0 fully saturated rings. The van der Waals surface area contributed by atoms with Crippen molar-refractivity contribution in [3.63, 3.8) is 0 Å². The molecule has 0 radical (unpaired) electrons. The maximum absolute atomic E-state index is 9.78. The number of hydrogen-bond donors (Lipinski definition) is 3. The van der Waals surface area contributed by atoms with E-state index in [1.165, 1.54) is 0 Å². The maximum atomic E-state index is 9.78. The fourth-order valence-corrected chi connectivity index (χ4v) is 1.86. The molecule has 2 atom stereocenters. The molecule has 1 aromatic carbocycles. The zero-order chi connectivity index (χ0) is 13.9. The minimum Gasteiger partial charge on any atom is -0.508 e. The minimum atomic E-state index is -1.06. The van der Waals surface area contributed by atoms with Crippen molar-refractivity contribution >= 4 is 0 Å². The van der Waals surface area contributed by atoms with Crippen LogP contribution in [0.5, 0.6) is 5.75 Å². The lowest BCUT2D eigenvalue weighted by Gasteiger charge is -2.25. The van der Waals surface area contributed by atoms with E-state index < -0.39 is 11.7 Å². The van der Waals surface area contributed by atoms with Crippen LogP contribution in [-0.4, -0.2) is 27.0 Å². The second-order valence-corrected chi connectivity index (χ2v) is 5.69. The molecule has 0 saturated heterocycles. The smallest absolute Gasteiger partial charge is 0.118 e. The largest absolute Gasteiger partial charge is 0.508 e. The Morgan fingerprint density at radius 2 is 1.83 bits per heavy atom. The summed E-state index contributed by atoms with van der Waals surface area (Å²) in [4.78, 5) is 0. The first-order valence-electron chi connectivity index (χ1n) is 6.41. The third-order valence-corrected chi connectivity index (χ3v) is 3.49. The molecule has 0 amide bonds. The number of hydrogen-bond acceptors (Lipinski definition) is 3. The van der Waals surface area contributed by atoms with Crippen LogP contribution < -0.4 is 0 Å². The fourth-order valence-electron chi connectivity index (χ4n) is 1.86. The fraction of sp³-hybridized carbons (Fsp3) is 0.600. The lowest BCUT2D eigenvalue weighted by Crippen LogP contribution is -2.35. The van der Waals surface area contributed by atoms with Crippen LogP contribution in [0.3, 0.4) is 0 Å². The van der Waals surface area contributed by atoms with Crippen molar-refractivity contribution in [2.75, 3.05) is 0 Å². The van der Waals surface area contributed by atoms with E-state index >= 15 is 0 Å². The highest BCUT2D eigenvalue weighted by Crippen LogP contribution is 2.27. The van der Waals surface area contributed by atoms with Gasteiger partial charge < -0.3 is 15.3 Å². The molecule has 102 valence electrons. The van der Waals surface area contributed by atoms with E-state index in [9.17, 15) is 15.3 Å². The van der Waals surface area contributed by atoms with Crippen molar-refractivity contribution in [1.82, 2.24) is 0 Å². The van der Waals surface area contributed by atoms with E-state index in [1.54, 1.807) is 19.9 Å². The van der Waals surface area contributed by atoms with E-state index in [0.717, 1.165) is 17.5 Å². The number of benzene rings is 1. The van der Waals surface area contributed by atoms with Gasteiger partial charge in [0.1, 0.15) is 5.75 Å². The number of rotatable bonds is 5. The number of aliphatic hydroxyl groups is 2. The zero-order valence-corrected chi connectivity index (χ0v) is 11.6. The SMILES string of the molecule is Cc1ccc([C@H](C)CCC(O)C(C)(C)O)cc1O. The van der Waals surface area contributed by atoms with Crippen LogP contribution in [0.15, 0.2) is 18.2 Å². The Balaban J connectivity index is 2.60. The Morgan fingerprint density at radius 3 is 2.33 bits per heavy atom. The molecule has 1 aromatic rings. The van der Waals surface area contributed by atoms with Gasteiger partial charge in [0.2, 0.25) is 0 Å². The standard InChI is InChI=1S/C15H24O3/c1-10(6-8-14(17)15(3,4)18)12-7-5-11(2)13(16)9-12/h5,7,9-10,14,16-18H,6,8H2,1-4H3/t10-,14?/m1/s1. The van der Waals surface area contributed by atoms with Gasteiger partial charge in [-0.3, -0.25) is 0 Å². The van der Waals surface area contributed by atoms with Crippen LogP contribution in [0.1, 0.15) is 50.7 Å². The van der Waals surface area contributed by atoms with Crippen molar-refractivity contribution in [2.24, 2.45) is 0 Å². The van der Waals surface area contributed by atoms with Crippen LogP contribution in [-0.2, 0) is 0 Å². The van der Waals surface area contributed by atoms with Gasteiger partial charge in [-0.2, -0.15) is 0 Å². The molecule has 0 aliphatic heterocycles. The van der Waals surface area contributed by atoms with E-state index in [4.69, 9.17) is 0 Å². The van der Waals surface area contributed by atoms with Gasteiger partial charge in [-0.05, 0) is 56.7 Å². The van der Waals surface area contributed by atoms with Gasteiger partial charge in [-0.1, -0.05) is 19.1 Å². The second-order valence-electron chi connectivity index (χ2n) is 5.69. The molecule has 1 rings (SSSR count). The Kier molecular flexibility index (Phi) is 4.77. The number of aryl methyl sites for hydroxylation is 1. The van der Waals surface area contributed by atoms with E-state index in [1.807, 2.05) is 19.1 Å². The third kappa shape index (κ3) is 4.00. The first-order valence-corrected chi connectivity index (χ1v) is 6.41. The quantitative estimate of drug-likeness (QED) is 0.755. The normalized spacial score (nSPS) is 15.4. The Bertz CT molecular complexity index is 393. The molecule has 3 heteroatoms. The number of aliphatic hydroxyl groups excluding tert-OH is 1. The highest BCUT2D eigenvalue weighted by molar-refractivity contribution is 5.36. The lowest BCUT2D eigenvalue weighted by atomic mass is 9.90. The Hall–Kier alpha value is -1.06. The van der Waals surface area contributed by atoms with Crippen LogP contribution >= 0.6 is 0 Å². The van der Waals surface area contributed by atoms with E-state index in [0.29, 0.717) is 12.2 Å². The van der Waals surface area contributed by atoms with Crippen molar-refractivity contribution in [2.45, 2.75) is 58.2 Å². The molecule has 0 aliphatic rings. The maximum Gasteiger partial charge on any atom is 0.118 e. The van der Waals surface area contributed by atoms with Gasteiger partial charge in [0.05, 0.1) is 11.7 Å². The monoisotopic (exact) mass is 252 g/mol. The molecule has 18 heavy (non-hydrogen) atoms. The van der Waals surface area contributed by atoms with Crippen LogP contribution in [0.2, 0.25) is 0 Å². The third-order valence-electron chi connectivity index (χ3n) is 3.49. The van der Waals surface area contributed by atoms with Crippen LogP contribution in [0.4, 0.5) is 0 Å². The summed E-state index contributed by atoms with van der Waals surface area (Å²) in [5.74, 6) is 0.552. The summed E-state index contributed by atoms with van der Waals surface area (Å²) in [5, 5.41) is 29.1. The molecule has 3 nitrogen and oxygen atoms in total. The summed E-state index contributed by atoms with van der Waals surface area (Å²) < 4.78 is 0. The van der Waals surface area contributed by atoms with Gasteiger partial charge in [0.25, 0.3) is 0 Å². The van der Waals surface area contributed by atoms with Crippen molar-refractivity contribution in [3.05, 3.63) is 29.3 Å². The predicted molar refractivity (Wildman–Crippen MR) is 72.8 cm³/mol. The Labute approximate surface area is 109 Å². The second kappa shape index (κ2) is 5.72. The summed E-state index contributed by atoms with van der Waals surface area (Å²) in [5.41, 5.74) is 0.860. The number of phenolic OH excluding ortho intramolecular Hbond substituents is 1. The van der Waals surface area contributed by atoms with Crippen LogP contribution in [0.25, 0.3) is 0 Å². The van der Waals surface area contributed by atoms with E-state index in [2.05, 4.69) is 6.92 Å². The minimum absolute atomic E-state index is 0.244. The molecule has 0 aromatic heterocycles. The topological polar surface area (TPSA) is 60.7 Å². The molecule has 0 spiro atoms. The molecule has 0 aliphatic carbocycles. The molecule has 3 N–H and O–H groups in total. The summed E-state index contributed by atoms with van der Waals surface area (Å²) in [6.07, 6.45) is 0.589. The van der Waals surface area contributed by atoms with Gasteiger partial charge in [-0.15, -0.1) is 0 Å². The predicted octanol–water partition coefficient (Wildman–Crippen LogP) is 2.72. The van der Waals surface area contributed by atoms with Gasteiger partial charge in [0, 0.05) is 0 Å². The number of aromatic hydroxyl groups is 1. The van der Waals surface area contributed by atoms with Crippen LogP contribution in [0, 0.1) is 6.92 Å². The Morgan fingerprint density at radius 1 is 1.22 bits per heavy atom. The lowest BCUT2D eigenvalue weighted by molar-refractivity contribution is -0.0525. The van der Waals surface area contributed by atoms with Crippen molar-refractivity contribution < 1.29 is 15.3 Å². The molecule has 0 saturated carbocycles. The van der Waals surface area contributed by atoms with Gasteiger partial charge >= 0.3 is 0 Å². The average molecular weight is 252 g/mol. The van der Waals surface area contributed by atoms with Gasteiger partial charge in [-0.25, -0.2) is 0 Å². The van der Waals surface area contributed by atoms with E-state index in [-0.39, 0.29) is 5.92 Å².